The minimum absolute atomic E-state index is 0.129. The van der Waals surface area contributed by atoms with E-state index in [-0.39, 0.29) is 18.9 Å². The Bertz CT molecular complexity index is 155. The van der Waals surface area contributed by atoms with Crippen molar-refractivity contribution >= 4 is 0 Å². The third-order valence-electron chi connectivity index (χ3n) is 1.66. The minimum Gasteiger partial charge on any atom is -0.317 e. The number of halogens is 2. The molecule has 72 valence electrons. The molecule has 0 bridgehead atoms. The molecule has 0 saturated carbocycles. The van der Waals surface area contributed by atoms with Crippen LogP contribution in [0.1, 0.15) is 26.7 Å². The zero-order valence-corrected chi connectivity index (χ0v) is 7.95. The predicted octanol–water partition coefficient (Wildman–Crippen LogP) is 2.59. The molecule has 0 rings (SSSR count). The third-order valence-corrected chi connectivity index (χ3v) is 1.66. The summed E-state index contributed by atoms with van der Waals surface area (Å²) in [6.07, 6.45) is -0.338. The first-order valence-corrected chi connectivity index (χ1v) is 4.07. The molecule has 0 radical (unpaired) electrons. The van der Waals surface area contributed by atoms with Gasteiger partial charge in [0.1, 0.15) is 0 Å². The van der Waals surface area contributed by atoms with Crippen molar-refractivity contribution in [2.75, 3.05) is 7.05 Å². The Morgan fingerprint density at radius 3 is 2.42 bits per heavy atom. The van der Waals surface area contributed by atoms with E-state index >= 15 is 0 Å². The Kier molecular flexibility index (Phi) is 4.39. The van der Waals surface area contributed by atoms with Crippen LogP contribution in [0.2, 0.25) is 0 Å². The lowest BCUT2D eigenvalue weighted by molar-refractivity contribution is -0.0140. The lowest BCUT2D eigenvalue weighted by Gasteiger charge is -2.20. The van der Waals surface area contributed by atoms with E-state index in [0.29, 0.717) is 5.57 Å². The second-order valence-electron chi connectivity index (χ2n) is 3.38. The van der Waals surface area contributed by atoms with Crippen molar-refractivity contribution in [3.8, 4) is 0 Å². The molecule has 0 heterocycles. The number of allylic oxidation sites excluding steroid dienone is 1. The zero-order chi connectivity index (χ0) is 9.78. The van der Waals surface area contributed by atoms with Crippen molar-refractivity contribution in [1.82, 2.24) is 5.32 Å². The van der Waals surface area contributed by atoms with Crippen LogP contribution < -0.4 is 5.32 Å². The summed E-state index contributed by atoms with van der Waals surface area (Å²) >= 11 is 0. The molecule has 12 heavy (non-hydrogen) atoms. The van der Waals surface area contributed by atoms with Crippen molar-refractivity contribution in [1.29, 1.82) is 0 Å². The van der Waals surface area contributed by atoms with Crippen LogP contribution in [0.25, 0.3) is 0 Å². The molecule has 1 N–H and O–H groups in total. The summed E-state index contributed by atoms with van der Waals surface area (Å²) in [6.45, 7) is 6.84. The topological polar surface area (TPSA) is 12.0 Å². The van der Waals surface area contributed by atoms with Gasteiger partial charge in [-0.25, -0.2) is 8.78 Å². The van der Waals surface area contributed by atoms with Gasteiger partial charge in [0.15, 0.2) is 0 Å². The molecule has 0 aromatic rings. The standard InChI is InChI=1S/C9H17F2N/c1-7(2)5-9(10,11)6-8(3)12-4/h8,12H,1,5-6H2,2-4H3. The maximum absolute atomic E-state index is 13.0. The van der Waals surface area contributed by atoms with Crippen LogP contribution in [0.3, 0.4) is 0 Å². The number of hydrogen-bond acceptors (Lipinski definition) is 1. The smallest absolute Gasteiger partial charge is 0.253 e. The van der Waals surface area contributed by atoms with Crippen LogP contribution in [0.15, 0.2) is 12.2 Å². The predicted molar refractivity (Wildman–Crippen MR) is 47.5 cm³/mol. The largest absolute Gasteiger partial charge is 0.317 e. The van der Waals surface area contributed by atoms with Crippen LogP contribution in [0.5, 0.6) is 0 Å². The zero-order valence-electron chi connectivity index (χ0n) is 7.95. The SMILES string of the molecule is C=C(C)CC(F)(F)CC(C)NC. The molecule has 1 nitrogen and oxygen atoms in total. The highest BCUT2D eigenvalue weighted by atomic mass is 19.3. The summed E-state index contributed by atoms with van der Waals surface area (Å²) in [5.41, 5.74) is 0.531. The number of alkyl halides is 2. The molecule has 1 unspecified atom stereocenters. The van der Waals surface area contributed by atoms with Gasteiger partial charge in [0, 0.05) is 18.9 Å². The summed E-state index contributed by atoms with van der Waals surface area (Å²) in [5, 5.41) is 2.78. The Balaban J connectivity index is 3.94. The molecule has 0 saturated heterocycles. The second kappa shape index (κ2) is 4.55. The molecular weight excluding hydrogens is 160 g/mol. The first-order valence-electron chi connectivity index (χ1n) is 4.07. The normalized spacial score (nSPS) is 14.4. The molecule has 0 amide bonds. The highest BCUT2D eigenvalue weighted by molar-refractivity contribution is 4.94. The van der Waals surface area contributed by atoms with Gasteiger partial charge in [-0.3, -0.25) is 0 Å². The van der Waals surface area contributed by atoms with E-state index in [1.54, 1.807) is 20.9 Å². The molecular formula is C9H17F2N. The molecule has 0 aliphatic rings. The highest BCUT2D eigenvalue weighted by Crippen LogP contribution is 2.27. The van der Waals surface area contributed by atoms with Gasteiger partial charge in [-0.15, -0.1) is 0 Å². The van der Waals surface area contributed by atoms with Gasteiger partial charge in [0.05, 0.1) is 0 Å². The van der Waals surface area contributed by atoms with Crippen LogP contribution in [-0.2, 0) is 0 Å². The minimum atomic E-state index is -2.62. The summed E-state index contributed by atoms with van der Waals surface area (Å²) in [7, 11) is 1.68. The van der Waals surface area contributed by atoms with Crippen molar-refractivity contribution in [2.45, 2.75) is 38.7 Å². The number of nitrogens with one attached hydrogen (secondary N) is 1. The van der Waals surface area contributed by atoms with Crippen molar-refractivity contribution < 1.29 is 8.78 Å². The molecule has 0 aliphatic heterocycles. The molecule has 0 spiro atoms. The van der Waals surface area contributed by atoms with Crippen LogP contribution in [0, 0.1) is 0 Å². The van der Waals surface area contributed by atoms with E-state index in [4.69, 9.17) is 0 Å². The van der Waals surface area contributed by atoms with E-state index in [1.165, 1.54) is 0 Å². The first kappa shape index (κ1) is 11.6. The highest BCUT2D eigenvalue weighted by Gasteiger charge is 2.30. The lowest BCUT2D eigenvalue weighted by Crippen LogP contribution is -2.30. The summed E-state index contributed by atoms with van der Waals surface area (Å²) in [5.74, 6) is -2.62. The molecule has 0 fully saturated rings. The van der Waals surface area contributed by atoms with E-state index in [9.17, 15) is 8.78 Å². The van der Waals surface area contributed by atoms with Crippen molar-refractivity contribution in [2.24, 2.45) is 0 Å². The molecule has 3 heteroatoms. The fourth-order valence-electron chi connectivity index (χ4n) is 1.06. The van der Waals surface area contributed by atoms with Crippen LogP contribution >= 0.6 is 0 Å². The third kappa shape index (κ3) is 5.24. The van der Waals surface area contributed by atoms with Gasteiger partial charge >= 0.3 is 0 Å². The fraction of sp³-hybridized carbons (Fsp3) is 0.778. The van der Waals surface area contributed by atoms with Gasteiger partial charge in [-0.1, -0.05) is 12.2 Å². The Labute approximate surface area is 72.9 Å². The maximum Gasteiger partial charge on any atom is 0.253 e. The summed E-state index contributed by atoms with van der Waals surface area (Å²) < 4.78 is 26.0. The van der Waals surface area contributed by atoms with Crippen molar-refractivity contribution in [3.63, 3.8) is 0 Å². The average Bonchev–Trinajstić information content (AvgIpc) is 1.83. The monoisotopic (exact) mass is 177 g/mol. The summed E-state index contributed by atoms with van der Waals surface area (Å²) in [4.78, 5) is 0. The van der Waals surface area contributed by atoms with E-state index in [1.807, 2.05) is 0 Å². The van der Waals surface area contributed by atoms with Gasteiger partial charge in [-0.05, 0) is 20.9 Å². The fourth-order valence-corrected chi connectivity index (χ4v) is 1.06. The van der Waals surface area contributed by atoms with E-state index in [0.717, 1.165) is 0 Å². The lowest BCUT2D eigenvalue weighted by atomic mass is 10.0. The van der Waals surface area contributed by atoms with Gasteiger partial charge in [0.2, 0.25) is 0 Å². The molecule has 0 aliphatic carbocycles. The maximum atomic E-state index is 13.0. The Hall–Kier alpha value is -0.440. The first-order chi connectivity index (χ1) is 5.37. The molecule has 1 atom stereocenters. The number of hydrogen-bond donors (Lipinski definition) is 1. The van der Waals surface area contributed by atoms with Crippen molar-refractivity contribution in [3.05, 3.63) is 12.2 Å². The van der Waals surface area contributed by atoms with Crippen LogP contribution in [0.4, 0.5) is 8.78 Å². The Morgan fingerprint density at radius 2 is 2.08 bits per heavy atom. The van der Waals surface area contributed by atoms with Crippen LogP contribution in [-0.4, -0.2) is 19.0 Å². The summed E-state index contributed by atoms with van der Waals surface area (Å²) in [6, 6.07) is -0.153. The Morgan fingerprint density at radius 1 is 1.58 bits per heavy atom. The number of rotatable bonds is 5. The quantitative estimate of drug-likeness (QED) is 0.636. The van der Waals surface area contributed by atoms with Gasteiger partial charge in [0.25, 0.3) is 5.92 Å². The van der Waals surface area contributed by atoms with E-state index in [2.05, 4.69) is 11.9 Å². The van der Waals surface area contributed by atoms with E-state index < -0.39 is 5.92 Å². The molecule has 0 aromatic carbocycles. The van der Waals surface area contributed by atoms with Gasteiger partial charge < -0.3 is 5.32 Å². The second-order valence-corrected chi connectivity index (χ2v) is 3.38. The molecule has 0 aromatic heterocycles. The average molecular weight is 177 g/mol. The van der Waals surface area contributed by atoms with Gasteiger partial charge in [-0.2, -0.15) is 0 Å².